The molecule has 0 spiro atoms. The highest BCUT2D eigenvalue weighted by atomic mass is 19.1. The molecule has 0 radical (unpaired) electrons. The lowest BCUT2D eigenvalue weighted by molar-refractivity contribution is 0.102. The van der Waals surface area contributed by atoms with E-state index in [0.717, 1.165) is 16.6 Å². The Labute approximate surface area is 163 Å². The fourth-order valence-electron chi connectivity index (χ4n) is 3.14. The third-order valence-electron chi connectivity index (χ3n) is 4.49. The lowest BCUT2D eigenvalue weighted by Gasteiger charge is -2.06. The monoisotopic (exact) mass is 387 g/mol. The maximum atomic E-state index is 14.0. The molecule has 0 aliphatic rings. The fraction of sp³-hybridized carbons (Fsp3) is 0. The van der Waals surface area contributed by atoms with Crippen molar-refractivity contribution in [3.05, 3.63) is 84.7 Å². The minimum atomic E-state index is -0.426. The van der Waals surface area contributed by atoms with Crippen LogP contribution in [0.2, 0.25) is 0 Å². The number of rotatable bonds is 4. The van der Waals surface area contributed by atoms with Gasteiger partial charge in [0.05, 0.1) is 28.4 Å². The predicted molar refractivity (Wildman–Crippen MR) is 105 cm³/mol. The number of carbonyl (C=O) groups excluding carboxylic acids is 1. The molecule has 0 saturated heterocycles. The summed E-state index contributed by atoms with van der Waals surface area (Å²) in [4.78, 5) is 12.7. The van der Waals surface area contributed by atoms with E-state index in [4.69, 9.17) is 0 Å². The molecular weight excluding hydrogens is 373 g/mol. The second-order valence-corrected chi connectivity index (χ2v) is 6.30. The first-order chi connectivity index (χ1) is 14.2. The molecule has 0 aliphatic carbocycles. The van der Waals surface area contributed by atoms with Gasteiger partial charge in [-0.05, 0) is 30.3 Å². The first kappa shape index (κ1) is 16.9. The number of H-pyrrole nitrogens is 1. The molecule has 8 nitrogen and oxygen atoms in total. The lowest BCUT2D eigenvalue weighted by Crippen LogP contribution is -2.12. The number of benzene rings is 2. The Bertz CT molecular complexity index is 1320. The molecule has 0 bridgehead atoms. The second kappa shape index (κ2) is 6.71. The Morgan fingerprint density at radius 1 is 1.00 bits per heavy atom. The van der Waals surface area contributed by atoms with Crippen LogP contribution in [-0.2, 0) is 0 Å². The van der Waals surface area contributed by atoms with Crippen molar-refractivity contribution < 1.29 is 9.18 Å². The molecule has 0 aliphatic heterocycles. The summed E-state index contributed by atoms with van der Waals surface area (Å²) < 4.78 is 17.0. The summed E-state index contributed by atoms with van der Waals surface area (Å²) >= 11 is 0. The Morgan fingerprint density at radius 3 is 2.69 bits per heavy atom. The molecule has 0 fully saturated rings. The van der Waals surface area contributed by atoms with Crippen LogP contribution in [0.3, 0.4) is 0 Å². The number of carbonyl (C=O) groups is 1. The second-order valence-electron chi connectivity index (χ2n) is 6.30. The first-order valence-electron chi connectivity index (χ1n) is 8.79. The van der Waals surface area contributed by atoms with Crippen LogP contribution in [0.25, 0.3) is 22.3 Å². The molecule has 0 unspecified atom stereocenters. The number of fused-ring (bicyclic) bond motifs is 1. The average molecular weight is 387 g/mol. The molecule has 1 amide bonds. The van der Waals surface area contributed by atoms with Crippen LogP contribution >= 0.6 is 0 Å². The van der Waals surface area contributed by atoms with E-state index in [1.807, 2.05) is 30.5 Å². The standard InChI is InChI=1S/C20H14FN7O/c21-14-5-1-2-7-16(14)28-12-13(11-23-28)20(29)24-19-18-15(25-26-19)6-3-8-17(18)27-10-4-9-22-27/h1-12H,(H2,24,25,26,29). The summed E-state index contributed by atoms with van der Waals surface area (Å²) in [5, 5.41) is 19.0. The number of anilines is 1. The third kappa shape index (κ3) is 2.94. The van der Waals surface area contributed by atoms with Gasteiger partial charge in [0, 0.05) is 18.6 Å². The number of hydrogen-bond acceptors (Lipinski definition) is 4. The molecule has 2 aromatic carbocycles. The zero-order valence-corrected chi connectivity index (χ0v) is 15.0. The maximum absolute atomic E-state index is 14.0. The molecule has 142 valence electrons. The minimum absolute atomic E-state index is 0.262. The van der Waals surface area contributed by atoms with Crippen molar-refractivity contribution in [1.82, 2.24) is 29.8 Å². The predicted octanol–water partition coefficient (Wildman–Crippen LogP) is 3.33. The number of halogens is 1. The van der Waals surface area contributed by atoms with Gasteiger partial charge >= 0.3 is 0 Å². The number of aromatic amines is 1. The van der Waals surface area contributed by atoms with Gasteiger partial charge < -0.3 is 5.32 Å². The van der Waals surface area contributed by atoms with Gasteiger partial charge in [0.1, 0.15) is 11.5 Å². The summed E-state index contributed by atoms with van der Waals surface area (Å²) in [5.74, 6) is -0.462. The summed E-state index contributed by atoms with van der Waals surface area (Å²) in [6, 6.07) is 13.7. The van der Waals surface area contributed by atoms with Gasteiger partial charge in [-0.15, -0.1) is 0 Å². The zero-order chi connectivity index (χ0) is 19.8. The highest BCUT2D eigenvalue weighted by molar-refractivity contribution is 6.09. The van der Waals surface area contributed by atoms with Crippen LogP contribution in [0.5, 0.6) is 0 Å². The van der Waals surface area contributed by atoms with Crippen molar-refractivity contribution >= 4 is 22.6 Å². The molecule has 2 N–H and O–H groups in total. The molecule has 5 aromatic rings. The number of hydrogen-bond donors (Lipinski definition) is 2. The molecule has 3 aromatic heterocycles. The van der Waals surface area contributed by atoms with E-state index in [-0.39, 0.29) is 11.3 Å². The van der Waals surface area contributed by atoms with E-state index in [9.17, 15) is 9.18 Å². The van der Waals surface area contributed by atoms with Gasteiger partial charge in [0.2, 0.25) is 0 Å². The molecular formula is C20H14FN7O. The molecule has 0 atom stereocenters. The van der Waals surface area contributed by atoms with E-state index >= 15 is 0 Å². The number of para-hydroxylation sites is 1. The van der Waals surface area contributed by atoms with Crippen molar-refractivity contribution in [3.8, 4) is 11.4 Å². The normalized spacial score (nSPS) is 11.1. The zero-order valence-electron chi connectivity index (χ0n) is 15.0. The van der Waals surface area contributed by atoms with Crippen LogP contribution in [-0.4, -0.2) is 35.7 Å². The van der Waals surface area contributed by atoms with Crippen LogP contribution in [0.1, 0.15) is 10.4 Å². The third-order valence-corrected chi connectivity index (χ3v) is 4.49. The number of nitrogens with one attached hydrogen (secondary N) is 2. The molecule has 5 rings (SSSR count). The van der Waals surface area contributed by atoms with Crippen molar-refractivity contribution in [2.45, 2.75) is 0 Å². The van der Waals surface area contributed by atoms with Crippen molar-refractivity contribution in [2.24, 2.45) is 0 Å². The van der Waals surface area contributed by atoms with Gasteiger partial charge in [-0.3, -0.25) is 9.89 Å². The topological polar surface area (TPSA) is 93.4 Å². The largest absolute Gasteiger partial charge is 0.304 e. The number of nitrogens with zero attached hydrogens (tertiary/aromatic N) is 5. The van der Waals surface area contributed by atoms with Crippen LogP contribution in [0, 0.1) is 5.82 Å². The quantitative estimate of drug-likeness (QED) is 0.495. The highest BCUT2D eigenvalue weighted by Crippen LogP contribution is 2.27. The number of amides is 1. The van der Waals surface area contributed by atoms with Gasteiger partial charge in [0.25, 0.3) is 5.91 Å². The van der Waals surface area contributed by atoms with E-state index < -0.39 is 11.7 Å². The van der Waals surface area contributed by atoms with Crippen LogP contribution in [0.4, 0.5) is 10.2 Å². The highest BCUT2D eigenvalue weighted by Gasteiger charge is 2.17. The Morgan fingerprint density at radius 2 is 1.86 bits per heavy atom. The summed E-state index contributed by atoms with van der Waals surface area (Å²) in [6.45, 7) is 0. The summed E-state index contributed by atoms with van der Waals surface area (Å²) in [6.07, 6.45) is 6.34. The van der Waals surface area contributed by atoms with E-state index in [1.165, 1.54) is 23.1 Å². The van der Waals surface area contributed by atoms with Crippen LogP contribution in [0.15, 0.2) is 73.3 Å². The fourth-order valence-corrected chi connectivity index (χ4v) is 3.14. The van der Waals surface area contributed by atoms with Crippen molar-refractivity contribution in [2.75, 3.05) is 5.32 Å². The van der Waals surface area contributed by atoms with Crippen molar-refractivity contribution in [3.63, 3.8) is 0 Å². The van der Waals surface area contributed by atoms with E-state index in [0.29, 0.717) is 5.82 Å². The molecule has 0 saturated carbocycles. The molecule has 9 heteroatoms. The Hall–Kier alpha value is -4.27. The SMILES string of the molecule is O=C(Nc1n[nH]c2cccc(-n3cccn3)c12)c1cnn(-c2ccccc2F)c1. The maximum Gasteiger partial charge on any atom is 0.260 e. The molecule has 29 heavy (non-hydrogen) atoms. The molecule has 3 heterocycles. The number of aromatic nitrogens is 6. The summed E-state index contributed by atoms with van der Waals surface area (Å²) in [7, 11) is 0. The smallest absolute Gasteiger partial charge is 0.260 e. The van der Waals surface area contributed by atoms with E-state index in [2.05, 4.69) is 25.7 Å². The van der Waals surface area contributed by atoms with Gasteiger partial charge in [-0.25, -0.2) is 13.8 Å². The van der Waals surface area contributed by atoms with Crippen LogP contribution < -0.4 is 5.32 Å². The summed E-state index contributed by atoms with van der Waals surface area (Å²) in [5.41, 5.74) is 2.08. The van der Waals surface area contributed by atoms with Gasteiger partial charge in [-0.2, -0.15) is 15.3 Å². The Balaban J connectivity index is 1.48. The minimum Gasteiger partial charge on any atom is -0.304 e. The first-order valence-corrected chi connectivity index (χ1v) is 8.79. The van der Waals surface area contributed by atoms with Gasteiger partial charge in [0.15, 0.2) is 5.82 Å². The lowest BCUT2D eigenvalue weighted by atomic mass is 10.2. The van der Waals surface area contributed by atoms with E-state index in [1.54, 1.807) is 29.1 Å². The van der Waals surface area contributed by atoms with Crippen molar-refractivity contribution in [1.29, 1.82) is 0 Å². The Kier molecular flexibility index (Phi) is 3.91. The van der Waals surface area contributed by atoms with Gasteiger partial charge in [-0.1, -0.05) is 18.2 Å². The average Bonchev–Trinajstić information content (AvgIpc) is 3.49.